The molecule has 6 heteroatoms. The fourth-order valence-corrected chi connectivity index (χ4v) is 2.33. The molecule has 2 rings (SSSR count). The number of hydrogen-bond acceptors (Lipinski definition) is 3. The van der Waals surface area contributed by atoms with E-state index < -0.39 is 17.9 Å². The highest BCUT2D eigenvalue weighted by Crippen LogP contribution is 2.09. The largest absolute Gasteiger partial charge is 0.480 e. The topological polar surface area (TPSA) is 86.7 Å². The molecule has 0 aromatic heterocycles. The Balaban J connectivity index is 1.91. The average molecular weight is 290 g/mol. The molecule has 6 nitrogen and oxygen atoms in total. The Kier molecular flexibility index (Phi) is 4.92. The van der Waals surface area contributed by atoms with Crippen molar-refractivity contribution in [1.29, 1.82) is 0 Å². The molecule has 0 saturated carbocycles. The van der Waals surface area contributed by atoms with Crippen molar-refractivity contribution in [2.45, 2.75) is 25.3 Å². The first-order valence-electron chi connectivity index (χ1n) is 6.90. The fraction of sp³-hybridized carbons (Fsp3) is 0.400. The number of likely N-dealkylation sites (tertiary alicyclic amines) is 1. The van der Waals surface area contributed by atoms with Crippen molar-refractivity contribution < 1.29 is 19.5 Å². The third-order valence-corrected chi connectivity index (χ3v) is 3.42. The third-order valence-electron chi connectivity index (χ3n) is 3.42. The van der Waals surface area contributed by atoms with Gasteiger partial charge in [0.05, 0.1) is 6.54 Å². The monoisotopic (exact) mass is 290 g/mol. The van der Waals surface area contributed by atoms with Crippen molar-refractivity contribution in [2.24, 2.45) is 0 Å². The van der Waals surface area contributed by atoms with Gasteiger partial charge in [-0.25, -0.2) is 4.79 Å². The zero-order chi connectivity index (χ0) is 15.2. The van der Waals surface area contributed by atoms with Gasteiger partial charge in [-0.1, -0.05) is 30.3 Å². The third kappa shape index (κ3) is 4.30. The summed E-state index contributed by atoms with van der Waals surface area (Å²) in [5.41, 5.74) is 0.836. The second-order valence-corrected chi connectivity index (χ2v) is 5.07. The molecule has 1 aromatic carbocycles. The van der Waals surface area contributed by atoms with E-state index in [9.17, 15) is 19.5 Å². The summed E-state index contributed by atoms with van der Waals surface area (Å²) in [7, 11) is 0. The molecule has 0 spiro atoms. The van der Waals surface area contributed by atoms with Gasteiger partial charge in [-0.3, -0.25) is 9.59 Å². The predicted octanol–water partition coefficient (Wildman–Crippen LogP) is 0.421. The maximum atomic E-state index is 11.9. The predicted molar refractivity (Wildman–Crippen MR) is 75.5 cm³/mol. The van der Waals surface area contributed by atoms with Crippen LogP contribution >= 0.6 is 0 Å². The van der Waals surface area contributed by atoms with Crippen LogP contribution in [0.15, 0.2) is 30.3 Å². The minimum Gasteiger partial charge on any atom is -0.480 e. The summed E-state index contributed by atoms with van der Waals surface area (Å²) in [6, 6.07) is 8.12. The molecule has 1 heterocycles. The second kappa shape index (κ2) is 6.88. The van der Waals surface area contributed by atoms with Gasteiger partial charge in [-0.2, -0.15) is 0 Å². The molecule has 0 radical (unpaired) electrons. The first-order chi connectivity index (χ1) is 10.1. The van der Waals surface area contributed by atoms with Crippen LogP contribution in [0, 0.1) is 0 Å². The Morgan fingerprint density at radius 1 is 1.29 bits per heavy atom. The summed E-state index contributed by atoms with van der Waals surface area (Å²) < 4.78 is 0. The smallest absolute Gasteiger partial charge is 0.326 e. The normalized spacial score (nSPS) is 15.8. The van der Waals surface area contributed by atoms with Crippen molar-refractivity contribution in [2.75, 3.05) is 13.1 Å². The van der Waals surface area contributed by atoms with E-state index in [1.165, 1.54) is 4.90 Å². The van der Waals surface area contributed by atoms with Crippen LogP contribution in [0.5, 0.6) is 0 Å². The van der Waals surface area contributed by atoms with E-state index in [2.05, 4.69) is 5.32 Å². The van der Waals surface area contributed by atoms with Crippen LogP contribution in [0.25, 0.3) is 0 Å². The number of carbonyl (C=O) groups excluding carboxylic acids is 2. The van der Waals surface area contributed by atoms with Crippen molar-refractivity contribution in [1.82, 2.24) is 10.2 Å². The molecule has 1 fully saturated rings. The molecule has 1 aliphatic rings. The maximum absolute atomic E-state index is 11.9. The highest BCUT2D eigenvalue weighted by Gasteiger charge is 2.25. The lowest BCUT2D eigenvalue weighted by molar-refractivity contribution is -0.142. The van der Waals surface area contributed by atoms with Crippen LogP contribution in [-0.4, -0.2) is 46.9 Å². The molecular formula is C15H18N2O4. The van der Waals surface area contributed by atoms with E-state index in [0.29, 0.717) is 13.0 Å². The van der Waals surface area contributed by atoms with Gasteiger partial charge >= 0.3 is 5.97 Å². The Morgan fingerprint density at radius 3 is 2.57 bits per heavy atom. The zero-order valence-corrected chi connectivity index (χ0v) is 11.6. The van der Waals surface area contributed by atoms with Gasteiger partial charge < -0.3 is 15.3 Å². The standard InChI is InChI=1S/C15H18N2O4/c18-13(10-17-8-4-7-14(17)19)16-12(15(20)21)9-11-5-2-1-3-6-11/h1-3,5-6,12H,4,7-10H2,(H,16,18)(H,20,21)/t12-/m1/s1. The Labute approximate surface area is 122 Å². The van der Waals surface area contributed by atoms with Gasteiger partial charge in [-0.15, -0.1) is 0 Å². The van der Waals surface area contributed by atoms with Crippen molar-refractivity contribution in [3.63, 3.8) is 0 Å². The minimum absolute atomic E-state index is 0.0555. The number of nitrogens with zero attached hydrogens (tertiary/aromatic N) is 1. The van der Waals surface area contributed by atoms with E-state index in [-0.39, 0.29) is 18.9 Å². The first-order valence-corrected chi connectivity index (χ1v) is 6.90. The lowest BCUT2D eigenvalue weighted by Gasteiger charge is -2.18. The van der Waals surface area contributed by atoms with Gasteiger partial charge in [0.15, 0.2) is 0 Å². The number of hydrogen-bond donors (Lipinski definition) is 2. The van der Waals surface area contributed by atoms with Gasteiger partial charge in [0, 0.05) is 19.4 Å². The summed E-state index contributed by atoms with van der Waals surface area (Å²) in [5, 5.41) is 11.7. The van der Waals surface area contributed by atoms with Crippen molar-refractivity contribution in [3.05, 3.63) is 35.9 Å². The van der Waals surface area contributed by atoms with Crippen LogP contribution in [-0.2, 0) is 20.8 Å². The first kappa shape index (κ1) is 15.0. The molecule has 112 valence electrons. The Hall–Kier alpha value is -2.37. The van der Waals surface area contributed by atoms with Crippen LogP contribution in [0.3, 0.4) is 0 Å². The summed E-state index contributed by atoms with van der Waals surface area (Å²) in [6.07, 6.45) is 1.42. The highest BCUT2D eigenvalue weighted by molar-refractivity contribution is 5.88. The van der Waals surface area contributed by atoms with Gasteiger partial charge in [0.1, 0.15) is 6.04 Å². The van der Waals surface area contributed by atoms with E-state index in [0.717, 1.165) is 12.0 Å². The fourth-order valence-electron chi connectivity index (χ4n) is 2.33. The van der Waals surface area contributed by atoms with E-state index >= 15 is 0 Å². The number of carboxylic acids is 1. The molecule has 0 aliphatic carbocycles. The quantitative estimate of drug-likeness (QED) is 0.795. The second-order valence-electron chi connectivity index (χ2n) is 5.07. The molecular weight excluding hydrogens is 272 g/mol. The molecule has 0 bridgehead atoms. The molecule has 1 atom stereocenters. The molecule has 1 aliphatic heterocycles. The average Bonchev–Trinajstić information content (AvgIpc) is 2.84. The zero-order valence-electron chi connectivity index (χ0n) is 11.6. The SMILES string of the molecule is O=C(CN1CCCC1=O)N[C@H](Cc1ccccc1)C(=O)O. The summed E-state index contributed by atoms with van der Waals surface area (Å²) in [4.78, 5) is 36.0. The summed E-state index contributed by atoms with van der Waals surface area (Å²) in [5.74, 6) is -1.58. The molecule has 2 amide bonds. The van der Waals surface area contributed by atoms with E-state index in [1.54, 1.807) is 0 Å². The minimum atomic E-state index is -1.08. The summed E-state index contributed by atoms with van der Waals surface area (Å²) >= 11 is 0. The number of rotatable bonds is 6. The Morgan fingerprint density at radius 2 is 2.00 bits per heavy atom. The highest BCUT2D eigenvalue weighted by atomic mass is 16.4. The van der Waals surface area contributed by atoms with Crippen LogP contribution in [0.4, 0.5) is 0 Å². The molecule has 21 heavy (non-hydrogen) atoms. The van der Waals surface area contributed by atoms with Gasteiger partial charge in [0.25, 0.3) is 0 Å². The Bertz CT molecular complexity index is 530. The van der Waals surface area contributed by atoms with Crippen LogP contribution in [0.2, 0.25) is 0 Å². The summed E-state index contributed by atoms with van der Waals surface area (Å²) in [6.45, 7) is 0.486. The number of aliphatic carboxylic acids is 1. The number of nitrogens with one attached hydrogen (secondary N) is 1. The van der Waals surface area contributed by atoms with E-state index in [4.69, 9.17) is 0 Å². The lowest BCUT2D eigenvalue weighted by Crippen LogP contribution is -2.46. The molecule has 1 saturated heterocycles. The maximum Gasteiger partial charge on any atom is 0.326 e. The van der Waals surface area contributed by atoms with Crippen LogP contribution < -0.4 is 5.32 Å². The molecule has 0 unspecified atom stereocenters. The van der Waals surface area contributed by atoms with Crippen LogP contribution in [0.1, 0.15) is 18.4 Å². The van der Waals surface area contributed by atoms with Crippen molar-refractivity contribution >= 4 is 17.8 Å². The molecule has 2 N–H and O–H groups in total. The van der Waals surface area contributed by atoms with Gasteiger partial charge in [-0.05, 0) is 12.0 Å². The van der Waals surface area contributed by atoms with Gasteiger partial charge in [0.2, 0.25) is 11.8 Å². The number of benzene rings is 1. The number of carboxylic acid groups (broad SMARTS) is 1. The lowest BCUT2D eigenvalue weighted by atomic mass is 10.1. The molecule has 1 aromatic rings. The van der Waals surface area contributed by atoms with Crippen molar-refractivity contribution in [3.8, 4) is 0 Å². The number of carbonyl (C=O) groups is 3. The van der Waals surface area contributed by atoms with E-state index in [1.807, 2.05) is 30.3 Å². The number of amides is 2.